The number of nitrogens with one attached hydrogen (secondary N) is 1. The Morgan fingerprint density at radius 3 is 2.62 bits per heavy atom. The van der Waals surface area contributed by atoms with Crippen LogP contribution in [0.1, 0.15) is 45.4 Å². The number of amides is 1. The Hall–Kier alpha value is -0.0500. The van der Waals surface area contributed by atoms with Gasteiger partial charge in [0.15, 0.2) is 0 Å². The van der Waals surface area contributed by atoms with Crippen LogP contribution in [0.25, 0.3) is 0 Å². The van der Waals surface area contributed by atoms with Gasteiger partial charge in [-0.25, -0.2) is 0 Å². The molecule has 0 aromatic rings. The van der Waals surface area contributed by atoms with Crippen LogP contribution in [-0.4, -0.2) is 17.8 Å². The van der Waals surface area contributed by atoms with E-state index in [2.05, 4.69) is 28.2 Å². The Bertz CT molecular complexity index is 128. The van der Waals surface area contributed by atoms with E-state index in [0.717, 1.165) is 24.7 Å². The molecule has 3 heteroatoms. The second-order valence-corrected chi connectivity index (χ2v) is 4.00. The molecule has 0 rings (SSSR count). The number of halogens is 1. The number of alkyl halides is 1. The first-order chi connectivity index (χ1) is 6.31. The molecule has 1 amide bonds. The molecule has 0 bridgehead atoms. The molecule has 1 N–H and O–H groups in total. The minimum Gasteiger partial charge on any atom is -0.356 e. The second kappa shape index (κ2) is 10.0. The minimum absolute atomic E-state index is 0.191. The van der Waals surface area contributed by atoms with Crippen molar-refractivity contribution in [3.8, 4) is 0 Å². The predicted octanol–water partition coefficient (Wildman–Crippen LogP) is 2.86. The van der Waals surface area contributed by atoms with Crippen LogP contribution >= 0.6 is 15.9 Å². The highest BCUT2D eigenvalue weighted by Gasteiger charge is 1.98. The number of hydrogen-bond acceptors (Lipinski definition) is 1. The zero-order valence-corrected chi connectivity index (χ0v) is 10.0. The van der Waals surface area contributed by atoms with Crippen LogP contribution in [0.5, 0.6) is 0 Å². The van der Waals surface area contributed by atoms with E-state index in [-0.39, 0.29) is 5.91 Å². The Labute approximate surface area is 89.6 Å². The maximum Gasteiger partial charge on any atom is 0.220 e. The van der Waals surface area contributed by atoms with Gasteiger partial charge in [-0.2, -0.15) is 0 Å². The van der Waals surface area contributed by atoms with Crippen LogP contribution in [0.2, 0.25) is 0 Å². The minimum atomic E-state index is 0.191. The summed E-state index contributed by atoms with van der Waals surface area (Å²) < 4.78 is 0. The fraction of sp³-hybridized carbons (Fsp3) is 0.900. The first kappa shape index (κ1) is 12.9. The lowest BCUT2D eigenvalue weighted by molar-refractivity contribution is -0.121. The van der Waals surface area contributed by atoms with Crippen LogP contribution in [-0.2, 0) is 4.79 Å². The molecule has 0 fully saturated rings. The van der Waals surface area contributed by atoms with Gasteiger partial charge in [-0.1, -0.05) is 42.1 Å². The van der Waals surface area contributed by atoms with Crippen molar-refractivity contribution in [2.45, 2.75) is 45.4 Å². The summed E-state index contributed by atoms with van der Waals surface area (Å²) >= 11 is 3.30. The van der Waals surface area contributed by atoms with Crippen LogP contribution < -0.4 is 5.32 Å². The van der Waals surface area contributed by atoms with Crippen molar-refractivity contribution in [1.82, 2.24) is 5.32 Å². The predicted molar refractivity (Wildman–Crippen MR) is 60.2 cm³/mol. The molecule has 0 aliphatic carbocycles. The summed E-state index contributed by atoms with van der Waals surface area (Å²) in [6.07, 6.45) is 6.46. The molecule has 13 heavy (non-hydrogen) atoms. The van der Waals surface area contributed by atoms with E-state index in [4.69, 9.17) is 0 Å². The lowest BCUT2D eigenvalue weighted by Crippen LogP contribution is -2.24. The highest BCUT2D eigenvalue weighted by atomic mass is 79.9. The molecular formula is C10H20BrNO. The highest BCUT2D eigenvalue weighted by Crippen LogP contribution is 1.98. The summed E-state index contributed by atoms with van der Waals surface area (Å²) in [6.45, 7) is 3.04. The van der Waals surface area contributed by atoms with Crippen LogP contribution in [0.15, 0.2) is 0 Å². The fourth-order valence-corrected chi connectivity index (χ4v) is 1.38. The van der Waals surface area contributed by atoms with Gasteiger partial charge in [0.1, 0.15) is 0 Å². The first-order valence-corrected chi connectivity index (χ1v) is 6.26. The van der Waals surface area contributed by atoms with Crippen molar-refractivity contribution < 1.29 is 4.79 Å². The van der Waals surface area contributed by atoms with E-state index in [1.807, 2.05) is 0 Å². The van der Waals surface area contributed by atoms with Gasteiger partial charge in [-0.3, -0.25) is 4.79 Å². The molecule has 0 atom stereocenters. The Morgan fingerprint density at radius 2 is 2.00 bits per heavy atom. The Morgan fingerprint density at radius 1 is 1.23 bits per heavy atom. The lowest BCUT2D eigenvalue weighted by atomic mass is 10.2. The summed E-state index contributed by atoms with van der Waals surface area (Å²) in [6, 6.07) is 0. The maximum atomic E-state index is 11.1. The first-order valence-electron chi connectivity index (χ1n) is 5.14. The van der Waals surface area contributed by atoms with Gasteiger partial charge in [0.05, 0.1) is 0 Å². The van der Waals surface area contributed by atoms with Crippen LogP contribution in [0.4, 0.5) is 0 Å². The van der Waals surface area contributed by atoms with Crippen LogP contribution in [0, 0.1) is 0 Å². The quantitative estimate of drug-likeness (QED) is 0.521. The normalized spacial score (nSPS) is 10.0. The molecule has 0 radical (unpaired) electrons. The Balaban J connectivity index is 3.08. The molecule has 0 saturated carbocycles. The number of carbonyl (C=O) groups is 1. The third kappa shape index (κ3) is 9.87. The van der Waals surface area contributed by atoms with Crippen molar-refractivity contribution in [2.24, 2.45) is 0 Å². The summed E-state index contributed by atoms with van der Waals surface area (Å²) in [4.78, 5) is 11.1. The molecule has 0 aromatic heterocycles. The smallest absolute Gasteiger partial charge is 0.220 e. The fourth-order valence-electron chi connectivity index (χ4n) is 1.10. The average molecular weight is 250 g/mol. The summed E-state index contributed by atoms with van der Waals surface area (Å²) in [5.74, 6) is 0.191. The lowest BCUT2D eigenvalue weighted by Gasteiger charge is -2.03. The molecule has 78 valence electrons. The van der Waals surface area contributed by atoms with Crippen LogP contribution in [0.3, 0.4) is 0 Å². The van der Waals surface area contributed by atoms with E-state index < -0.39 is 0 Å². The van der Waals surface area contributed by atoms with Gasteiger partial charge in [0, 0.05) is 18.3 Å². The zero-order chi connectivity index (χ0) is 9.94. The number of hydrogen-bond donors (Lipinski definition) is 1. The SMILES string of the molecule is CCCCCCNC(=O)CCCBr. The van der Waals surface area contributed by atoms with Gasteiger partial charge in [-0.05, 0) is 12.8 Å². The summed E-state index contributed by atoms with van der Waals surface area (Å²) in [7, 11) is 0. The van der Waals surface area contributed by atoms with Gasteiger partial charge in [0.25, 0.3) is 0 Å². The van der Waals surface area contributed by atoms with E-state index in [0.29, 0.717) is 6.42 Å². The van der Waals surface area contributed by atoms with Crippen molar-refractivity contribution in [1.29, 1.82) is 0 Å². The molecule has 0 spiro atoms. The van der Waals surface area contributed by atoms with Gasteiger partial charge < -0.3 is 5.32 Å². The van der Waals surface area contributed by atoms with E-state index >= 15 is 0 Å². The van der Waals surface area contributed by atoms with Gasteiger partial charge in [-0.15, -0.1) is 0 Å². The highest BCUT2D eigenvalue weighted by molar-refractivity contribution is 9.09. The van der Waals surface area contributed by atoms with Crippen molar-refractivity contribution in [3.63, 3.8) is 0 Å². The van der Waals surface area contributed by atoms with Crippen molar-refractivity contribution >= 4 is 21.8 Å². The average Bonchev–Trinajstić information content (AvgIpc) is 2.14. The molecule has 0 aliphatic rings. The number of unbranched alkanes of at least 4 members (excludes halogenated alkanes) is 3. The second-order valence-electron chi connectivity index (χ2n) is 3.20. The maximum absolute atomic E-state index is 11.1. The van der Waals surface area contributed by atoms with Crippen molar-refractivity contribution in [3.05, 3.63) is 0 Å². The zero-order valence-electron chi connectivity index (χ0n) is 8.44. The van der Waals surface area contributed by atoms with E-state index in [9.17, 15) is 4.79 Å². The Kier molecular flexibility index (Phi) is 10.00. The molecular weight excluding hydrogens is 230 g/mol. The molecule has 2 nitrogen and oxygen atoms in total. The van der Waals surface area contributed by atoms with Crippen molar-refractivity contribution in [2.75, 3.05) is 11.9 Å². The number of rotatable bonds is 8. The van der Waals surface area contributed by atoms with Gasteiger partial charge in [0.2, 0.25) is 5.91 Å². The van der Waals surface area contributed by atoms with E-state index in [1.165, 1.54) is 19.3 Å². The largest absolute Gasteiger partial charge is 0.356 e. The third-order valence-electron chi connectivity index (χ3n) is 1.89. The summed E-state index contributed by atoms with van der Waals surface area (Å²) in [5.41, 5.74) is 0. The molecule has 0 saturated heterocycles. The summed E-state index contributed by atoms with van der Waals surface area (Å²) in [5, 5.41) is 3.83. The standard InChI is InChI=1S/C10H20BrNO/c1-2-3-4-5-9-12-10(13)7-6-8-11/h2-9H2,1H3,(H,12,13). The molecule has 0 heterocycles. The molecule has 0 unspecified atom stereocenters. The van der Waals surface area contributed by atoms with Gasteiger partial charge >= 0.3 is 0 Å². The van der Waals surface area contributed by atoms with E-state index in [1.54, 1.807) is 0 Å². The number of carbonyl (C=O) groups excluding carboxylic acids is 1. The molecule has 0 aliphatic heterocycles. The topological polar surface area (TPSA) is 29.1 Å². The molecule has 0 aromatic carbocycles. The third-order valence-corrected chi connectivity index (χ3v) is 2.45. The monoisotopic (exact) mass is 249 g/mol.